The number of halogens is 2. The smallest absolute Gasteiger partial charge is 0.137 e. The normalized spacial score (nSPS) is 24.8. The average Bonchev–Trinajstić information content (AvgIpc) is 3.16. The highest BCUT2D eigenvalue weighted by atomic mass is 35.5. The van der Waals surface area contributed by atoms with Crippen LogP contribution in [0.3, 0.4) is 0 Å². The molecule has 1 aliphatic carbocycles. The van der Waals surface area contributed by atoms with Crippen LogP contribution in [-0.2, 0) is 6.54 Å². The summed E-state index contributed by atoms with van der Waals surface area (Å²) < 4.78 is 1.94. The first-order valence-electron chi connectivity index (χ1n) is 9.83. The van der Waals surface area contributed by atoms with Crippen LogP contribution < -0.4 is 5.32 Å². The summed E-state index contributed by atoms with van der Waals surface area (Å²) in [6.45, 7) is 9.45. The molecule has 4 rings (SSSR count). The zero-order chi connectivity index (χ0) is 16.2. The standard InChI is InChI=1S/C18H32N6.2ClH/c1-3-18(5-7-19-8-6-18)4-2-17(1)23-12-9-22(10-13-23)11-14-24-16-20-15-21-24;;/h15-17,19H,1-14H2;2*1H. The fraction of sp³-hybridized carbons (Fsp3) is 0.889. The monoisotopic (exact) mass is 404 g/mol. The number of nitrogens with one attached hydrogen (secondary N) is 1. The number of piperazine rings is 1. The van der Waals surface area contributed by atoms with Gasteiger partial charge >= 0.3 is 0 Å². The van der Waals surface area contributed by atoms with Gasteiger partial charge in [-0.3, -0.25) is 14.5 Å². The van der Waals surface area contributed by atoms with Gasteiger partial charge in [0.25, 0.3) is 0 Å². The second kappa shape index (κ2) is 10.2. The molecule has 1 spiro atoms. The summed E-state index contributed by atoms with van der Waals surface area (Å²) in [5.74, 6) is 0. The third-order valence-electron chi connectivity index (χ3n) is 6.72. The fourth-order valence-corrected chi connectivity index (χ4v) is 4.98. The molecule has 0 unspecified atom stereocenters. The maximum absolute atomic E-state index is 4.19. The molecule has 0 aromatic carbocycles. The molecular formula is C18H34Cl2N6. The van der Waals surface area contributed by atoms with Crippen molar-refractivity contribution in [1.82, 2.24) is 29.9 Å². The van der Waals surface area contributed by atoms with Gasteiger partial charge in [-0.15, -0.1) is 24.8 Å². The second-order valence-corrected chi connectivity index (χ2v) is 8.02. The van der Waals surface area contributed by atoms with Crippen molar-refractivity contribution in [3.05, 3.63) is 12.7 Å². The van der Waals surface area contributed by atoms with Crippen molar-refractivity contribution < 1.29 is 0 Å². The van der Waals surface area contributed by atoms with Crippen molar-refractivity contribution in [2.75, 3.05) is 45.8 Å². The van der Waals surface area contributed by atoms with Gasteiger partial charge in [-0.25, -0.2) is 4.98 Å². The van der Waals surface area contributed by atoms with E-state index < -0.39 is 0 Å². The predicted octanol–water partition coefficient (Wildman–Crippen LogP) is 2.05. The van der Waals surface area contributed by atoms with Crippen molar-refractivity contribution in [1.29, 1.82) is 0 Å². The number of piperidine rings is 1. The van der Waals surface area contributed by atoms with Gasteiger partial charge < -0.3 is 5.32 Å². The Bertz CT molecular complexity index is 488. The van der Waals surface area contributed by atoms with E-state index in [4.69, 9.17) is 0 Å². The van der Waals surface area contributed by atoms with Crippen LogP contribution in [0.4, 0.5) is 0 Å². The molecule has 3 heterocycles. The molecule has 3 fully saturated rings. The van der Waals surface area contributed by atoms with E-state index in [2.05, 4.69) is 25.2 Å². The molecule has 8 heteroatoms. The van der Waals surface area contributed by atoms with Crippen LogP contribution in [0.5, 0.6) is 0 Å². The van der Waals surface area contributed by atoms with Gasteiger partial charge in [-0.1, -0.05) is 0 Å². The molecule has 26 heavy (non-hydrogen) atoms. The predicted molar refractivity (Wildman–Crippen MR) is 109 cm³/mol. The van der Waals surface area contributed by atoms with E-state index in [9.17, 15) is 0 Å². The molecule has 0 atom stereocenters. The van der Waals surface area contributed by atoms with Gasteiger partial charge in [0.2, 0.25) is 0 Å². The van der Waals surface area contributed by atoms with Gasteiger partial charge in [0.1, 0.15) is 12.7 Å². The Labute approximate surface area is 169 Å². The van der Waals surface area contributed by atoms with E-state index in [1.54, 1.807) is 6.33 Å². The van der Waals surface area contributed by atoms with Crippen LogP contribution in [0.2, 0.25) is 0 Å². The summed E-state index contributed by atoms with van der Waals surface area (Å²) in [5.41, 5.74) is 0.696. The second-order valence-electron chi connectivity index (χ2n) is 8.02. The summed E-state index contributed by atoms with van der Waals surface area (Å²) in [6, 6.07) is 0.850. The molecule has 150 valence electrons. The van der Waals surface area contributed by atoms with Crippen molar-refractivity contribution in [2.24, 2.45) is 5.41 Å². The van der Waals surface area contributed by atoms with E-state index in [0.717, 1.165) is 19.1 Å². The number of hydrogen-bond donors (Lipinski definition) is 1. The maximum Gasteiger partial charge on any atom is 0.137 e. The van der Waals surface area contributed by atoms with Crippen molar-refractivity contribution in [2.45, 2.75) is 51.1 Å². The molecule has 1 N–H and O–H groups in total. The first kappa shape index (κ1) is 21.9. The van der Waals surface area contributed by atoms with Gasteiger partial charge in [-0.05, 0) is 57.0 Å². The quantitative estimate of drug-likeness (QED) is 0.831. The average molecular weight is 405 g/mol. The highest BCUT2D eigenvalue weighted by Crippen LogP contribution is 2.44. The number of nitrogens with zero attached hydrogens (tertiary/aromatic N) is 5. The summed E-state index contributed by atoms with van der Waals surface area (Å²) in [4.78, 5) is 9.37. The van der Waals surface area contributed by atoms with E-state index >= 15 is 0 Å². The number of aromatic nitrogens is 3. The first-order chi connectivity index (χ1) is 11.8. The zero-order valence-electron chi connectivity index (χ0n) is 15.7. The topological polar surface area (TPSA) is 49.2 Å². The third-order valence-corrected chi connectivity index (χ3v) is 6.72. The van der Waals surface area contributed by atoms with Gasteiger partial charge in [0.15, 0.2) is 0 Å². The Kier molecular flexibility index (Phi) is 8.61. The highest BCUT2D eigenvalue weighted by Gasteiger charge is 2.38. The summed E-state index contributed by atoms with van der Waals surface area (Å²) in [5, 5.41) is 7.73. The summed E-state index contributed by atoms with van der Waals surface area (Å²) in [7, 11) is 0. The van der Waals surface area contributed by atoms with E-state index in [-0.39, 0.29) is 24.8 Å². The summed E-state index contributed by atoms with van der Waals surface area (Å²) >= 11 is 0. The fourth-order valence-electron chi connectivity index (χ4n) is 4.98. The molecule has 0 bridgehead atoms. The SMILES string of the molecule is Cl.Cl.c1ncn(CCN2CCN(C3CCC4(CCNCC4)CC3)CC2)n1. The zero-order valence-corrected chi connectivity index (χ0v) is 17.3. The Hall–Kier alpha value is -0.400. The molecule has 1 aromatic rings. The third kappa shape index (κ3) is 5.32. The van der Waals surface area contributed by atoms with Crippen molar-refractivity contribution in [3.8, 4) is 0 Å². The minimum atomic E-state index is 0. The number of rotatable bonds is 4. The molecule has 0 radical (unpaired) electrons. The Balaban J connectivity index is 0.00000121. The molecule has 2 aliphatic heterocycles. The van der Waals surface area contributed by atoms with Crippen LogP contribution >= 0.6 is 24.8 Å². The van der Waals surface area contributed by atoms with E-state index in [0.29, 0.717) is 5.41 Å². The molecule has 0 amide bonds. The number of hydrogen-bond acceptors (Lipinski definition) is 5. The Morgan fingerprint density at radius 2 is 1.62 bits per heavy atom. The maximum atomic E-state index is 4.19. The lowest BCUT2D eigenvalue weighted by Gasteiger charge is -2.47. The largest absolute Gasteiger partial charge is 0.317 e. The molecular weight excluding hydrogens is 371 g/mol. The first-order valence-corrected chi connectivity index (χ1v) is 9.83. The lowest BCUT2D eigenvalue weighted by molar-refractivity contribution is 0.0357. The van der Waals surface area contributed by atoms with Crippen molar-refractivity contribution in [3.63, 3.8) is 0 Å². The lowest BCUT2D eigenvalue weighted by atomic mass is 9.67. The highest BCUT2D eigenvalue weighted by molar-refractivity contribution is 5.85. The Morgan fingerprint density at radius 3 is 2.23 bits per heavy atom. The minimum Gasteiger partial charge on any atom is -0.317 e. The van der Waals surface area contributed by atoms with Gasteiger partial charge in [-0.2, -0.15) is 5.10 Å². The lowest BCUT2D eigenvalue weighted by Crippen LogP contribution is -2.52. The molecule has 1 saturated carbocycles. The van der Waals surface area contributed by atoms with Crippen LogP contribution in [0.15, 0.2) is 12.7 Å². The van der Waals surface area contributed by atoms with Crippen LogP contribution in [0, 0.1) is 5.41 Å². The molecule has 3 aliphatic rings. The van der Waals surface area contributed by atoms with Crippen LogP contribution in [-0.4, -0.2) is 76.4 Å². The Morgan fingerprint density at radius 1 is 0.923 bits per heavy atom. The van der Waals surface area contributed by atoms with E-state index in [1.165, 1.54) is 77.8 Å². The van der Waals surface area contributed by atoms with Gasteiger partial charge in [0, 0.05) is 38.8 Å². The molecule has 2 saturated heterocycles. The summed E-state index contributed by atoms with van der Waals surface area (Å²) in [6.07, 6.45) is 12.0. The van der Waals surface area contributed by atoms with Crippen molar-refractivity contribution >= 4 is 24.8 Å². The molecule has 6 nitrogen and oxygen atoms in total. The van der Waals surface area contributed by atoms with E-state index in [1.807, 2.05) is 11.0 Å². The van der Waals surface area contributed by atoms with Crippen LogP contribution in [0.1, 0.15) is 38.5 Å². The minimum absolute atomic E-state index is 0. The van der Waals surface area contributed by atoms with Crippen LogP contribution in [0.25, 0.3) is 0 Å². The molecule has 1 aromatic heterocycles. The van der Waals surface area contributed by atoms with Gasteiger partial charge in [0.05, 0.1) is 6.54 Å².